The van der Waals surface area contributed by atoms with Crippen molar-refractivity contribution in [2.24, 2.45) is 5.92 Å². The van der Waals surface area contributed by atoms with Crippen LogP contribution in [0.5, 0.6) is 5.75 Å². The molecule has 0 unspecified atom stereocenters. The second-order valence-corrected chi connectivity index (χ2v) is 11.5. The Morgan fingerprint density at radius 1 is 0.833 bits per heavy atom. The molecule has 1 saturated carbocycles. The highest BCUT2D eigenvalue weighted by molar-refractivity contribution is 6.42. The lowest BCUT2D eigenvalue weighted by Gasteiger charge is -2.29. The van der Waals surface area contributed by atoms with Crippen molar-refractivity contribution in [2.75, 3.05) is 7.11 Å². The van der Waals surface area contributed by atoms with Crippen molar-refractivity contribution in [3.05, 3.63) is 99.5 Å². The molecule has 4 rings (SSSR count). The average Bonchev–Trinajstić information content (AvgIpc) is 2.99. The first-order valence-electron chi connectivity index (χ1n) is 14.1. The summed E-state index contributed by atoms with van der Waals surface area (Å²) in [6.07, 6.45) is 4.10. The number of methoxy groups -OCH3 is 1. The normalized spacial score (nSPS) is 17.1. The number of carbonyl (C=O) groups excluding carboxylic acids is 3. The summed E-state index contributed by atoms with van der Waals surface area (Å²) < 4.78 is 10.8. The van der Waals surface area contributed by atoms with Gasteiger partial charge < -0.3 is 20.1 Å². The molecule has 0 saturated heterocycles. The molecule has 2 amide bonds. The first-order valence-corrected chi connectivity index (χ1v) is 14.9. The van der Waals surface area contributed by atoms with Gasteiger partial charge >= 0.3 is 5.97 Å². The fourth-order valence-electron chi connectivity index (χ4n) is 5.17. The van der Waals surface area contributed by atoms with Gasteiger partial charge in [0.2, 0.25) is 11.8 Å². The van der Waals surface area contributed by atoms with E-state index in [9.17, 15) is 14.4 Å². The van der Waals surface area contributed by atoms with E-state index in [2.05, 4.69) is 10.6 Å². The highest BCUT2D eigenvalue weighted by Crippen LogP contribution is 2.27. The van der Waals surface area contributed by atoms with Gasteiger partial charge in [-0.1, -0.05) is 71.7 Å². The number of hydrogen-bond acceptors (Lipinski definition) is 5. The van der Waals surface area contributed by atoms with Crippen LogP contribution in [0.25, 0.3) is 0 Å². The van der Waals surface area contributed by atoms with E-state index in [-0.39, 0.29) is 30.2 Å². The van der Waals surface area contributed by atoms with Gasteiger partial charge in [-0.3, -0.25) is 9.59 Å². The Morgan fingerprint density at radius 3 is 2.19 bits per heavy atom. The number of hydrogen-bond donors (Lipinski definition) is 2. The Morgan fingerprint density at radius 2 is 1.52 bits per heavy atom. The summed E-state index contributed by atoms with van der Waals surface area (Å²) in [7, 11) is 1.32. The van der Waals surface area contributed by atoms with Crippen molar-refractivity contribution in [3.8, 4) is 5.75 Å². The van der Waals surface area contributed by atoms with Crippen molar-refractivity contribution in [3.63, 3.8) is 0 Å². The molecule has 0 aliphatic heterocycles. The van der Waals surface area contributed by atoms with Crippen LogP contribution in [0.3, 0.4) is 0 Å². The van der Waals surface area contributed by atoms with Gasteiger partial charge in [-0.15, -0.1) is 0 Å². The number of rotatable bonds is 12. The zero-order chi connectivity index (χ0) is 29.9. The Labute approximate surface area is 256 Å². The summed E-state index contributed by atoms with van der Waals surface area (Å²) in [5, 5.41) is 6.85. The molecule has 2 N–H and O–H groups in total. The molecule has 42 heavy (non-hydrogen) atoms. The van der Waals surface area contributed by atoms with Crippen LogP contribution in [0.4, 0.5) is 0 Å². The second kappa shape index (κ2) is 15.6. The number of carbonyl (C=O) groups is 3. The summed E-state index contributed by atoms with van der Waals surface area (Å²) in [5.74, 6) is 0.183. The fourth-order valence-corrected chi connectivity index (χ4v) is 5.49. The van der Waals surface area contributed by atoms with E-state index < -0.39 is 12.0 Å². The third-order valence-electron chi connectivity index (χ3n) is 7.47. The summed E-state index contributed by atoms with van der Waals surface area (Å²) in [6, 6.07) is 21.9. The number of benzene rings is 3. The van der Waals surface area contributed by atoms with E-state index in [1.165, 1.54) is 7.11 Å². The lowest BCUT2D eigenvalue weighted by atomic mass is 9.83. The summed E-state index contributed by atoms with van der Waals surface area (Å²) in [5.41, 5.74) is 2.77. The molecule has 3 aromatic rings. The topological polar surface area (TPSA) is 93.7 Å². The molecule has 0 bridgehead atoms. The van der Waals surface area contributed by atoms with Gasteiger partial charge in [0.05, 0.1) is 23.6 Å². The van der Waals surface area contributed by atoms with Crippen molar-refractivity contribution in [2.45, 2.75) is 63.6 Å². The first kappa shape index (κ1) is 31.4. The van der Waals surface area contributed by atoms with Crippen LogP contribution in [-0.4, -0.2) is 37.0 Å². The van der Waals surface area contributed by atoms with E-state index in [1.54, 1.807) is 18.2 Å². The van der Waals surface area contributed by atoms with E-state index in [1.807, 2.05) is 54.6 Å². The average molecular weight is 612 g/mol. The molecular weight excluding hydrogens is 575 g/mol. The van der Waals surface area contributed by atoms with E-state index in [4.69, 9.17) is 32.7 Å². The van der Waals surface area contributed by atoms with Gasteiger partial charge in [-0.05, 0) is 72.6 Å². The number of ether oxygens (including phenoxy) is 2. The third kappa shape index (κ3) is 9.78. The lowest BCUT2D eigenvalue weighted by molar-refractivity contribution is -0.145. The monoisotopic (exact) mass is 610 g/mol. The van der Waals surface area contributed by atoms with Gasteiger partial charge in [0.1, 0.15) is 18.4 Å². The molecule has 1 fully saturated rings. The molecule has 1 aliphatic carbocycles. The summed E-state index contributed by atoms with van der Waals surface area (Å²) in [4.78, 5) is 37.9. The minimum absolute atomic E-state index is 0.0636. The second-order valence-electron chi connectivity index (χ2n) is 10.7. The van der Waals surface area contributed by atoms with E-state index in [0.717, 1.165) is 48.1 Å². The molecular formula is C33H36Cl2N2O5. The predicted molar refractivity (Wildman–Crippen MR) is 164 cm³/mol. The molecule has 7 nitrogen and oxygen atoms in total. The minimum Gasteiger partial charge on any atom is -0.489 e. The largest absolute Gasteiger partial charge is 0.489 e. The van der Waals surface area contributed by atoms with E-state index in [0.29, 0.717) is 29.5 Å². The maximum Gasteiger partial charge on any atom is 0.328 e. The number of nitrogens with one attached hydrogen (secondary N) is 2. The van der Waals surface area contributed by atoms with Crippen LogP contribution in [-0.2, 0) is 38.6 Å². The zero-order valence-electron chi connectivity index (χ0n) is 23.6. The summed E-state index contributed by atoms with van der Waals surface area (Å²) >= 11 is 12.0. The summed E-state index contributed by atoms with van der Waals surface area (Å²) in [6.45, 7) is 0.466. The maximum absolute atomic E-state index is 12.9. The molecule has 0 spiro atoms. The standard InChI is InChI=1S/C33H36Cl2N2O5/c1-41-33(40)30(18-22-9-14-27(15-10-22)42-21-24-5-3-2-4-6-24)37-32(39)19-23-7-12-26(13-8-23)36-31(38)20-25-11-16-28(34)29(35)17-25/h2-6,9-11,14-17,23,26,30H,7-8,12-13,18-21H2,1H3,(H,36,38)(H,37,39)/t23?,26?,30-/m0/s1. The molecule has 222 valence electrons. The number of halogens is 2. The molecule has 1 atom stereocenters. The van der Waals surface area contributed by atoms with Gasteiger partial charge in [-0.25, -0.2) is 4.79 Å². The number of esters is 1. The third-order valence-corrected chi connectivity index (χ3v) is 8.21. The van der Waals surface area contributed by atoms with Crippen LogP contribution in [0, 0.1) is 5.92 Å². The van der Waals surface area contributed by atoms with Gasteiger partial charge in [-0.2, -0.15) is 0 Å². The van der Waals surface area contributed by atoms with Gasteiger partial charge in [0.25, 0.3) is 0 Å². The van der Waals surface area contributed by atoms with Crippen molar-refractivity contribution in [1.29, 1.82) is 0 Å². The smallest absolute Gasteiger partial charge is 0.328 e. The fraction of sp³-hybridized carbons (Fsp3) is 0.364. The van der Waals surface area contributed by atoms with Crippen LogP contribution in [0.15, 0.2) is 72.8 Å². The highest BCUT2D eigenvalue weighted by Gasteiger charge is 2.27. The molecule has 0 heterocycles. The lowest BCUT2D eigenvalue weighted by Crippen LogP contribution is -2.44. The molecule has 9 heteroatoms. The highest BCUT2D eigenvalue weighted by atomic mass is 35.5. The van der Waals surface area contributed by atoms with Crippen LogP contribution in [0.1, 0.15) is 48.8 Å². The van der Waals surface area contributed by atoms with Crippen LogP contribution >= 0.6 is 23.2 Å². The molecule has 3 aromatic carbocycles. The Kier molecular flexibility index (Phi) is 11.7. The first-order chi connectivity index (χ1) is 20.3. The number of amides is 2. The quantitative estimate of drug-likeness (QED) is 0.242. The molecule has 0 radical (unpaired) electrons. The predicted octanol–water partition coefficient (Wildman–Crippen LogP) is 6.08. The van der Waals surface area contributed by atoms with Crippen molar-refractivity contribution >= 4 is 41.0 Å². The van der Waals surface area contributed by atoms with Crippen molar-refractivity contribution < 1.29 is 23.9 Å². The SMILES string of the molecule is COC(=O)[C@H](Cc1ccc(OCc2ccccc2)cc1)NC(=O)CC1CCC(NC(=O)Cc2ccc(Cl)c(Cl)c2)CC1. The van der Waals surface area contributed by atoms with Crippen LogP contribution < -0.4 is 15.4 Å². The zero-order valence-corrected chi connectivity index (χ0v) is 25.1. The Bertz CT molecular complexity index is 1340. The van der Waals surface area contributed by atoms with Gasteiger partial charge in [0.15, 0.2) is 0 Å². The molecule has 1 aliphatic rings. The maximum atomic E-state index is 12.9. The van der Waals surface area contributed by atoms with Gasteiger partial charge in [0, 0.05) is 18.9 Å². The Balaban J connectivity index is 1.20. The minimum atomic E-state index is -0.782. The Hall–Kier alpha value is -3.55. The van der Waals surface area contributed by atoms with Crippen LogP contribution in [0.2, 0.25) is 10.0 Å². The molecule has 0 aromatic heterocycles. The van der Waals surface area contributed by atoms with Crippen molar-refractivity contribution in [1.82, 2.24) is 10.6 Å². The van der Waals surface area contributed by atoms with E-state index >= 15 is 0 Å².